The lowest BCUT2D eigenvalue weighted by atomic mass is 9.82. The van der Waals surface area contributed by atoms with Gasteiger partial charge in [-0.05, 0) is 13.0 Å². The number of ketones is 1. The third kappa shape index (κ3) is 2.61. The van der Waals surface area contributed by atoms with Crippen LogP contribution in [-0.2, 0) is 0 Å². The van der Waals surface area contributed by atoms with Crippen molar-refractivity contribution in [1.82, 2.24) is 0 Å². The van der Waals surface area contributed by atoms with E-state index in [9.17, 15) is 9.59 Å². The summed E-state index contributed by atoms with van der Waals surface area (Å²) in [7, 11) is 0. The molecule has 1 aliphatic rings. The zero-order valence-corrected chi connectivity index (χ0v) is 11.1. The first-order valence-electron chi connectivity index (χ1n) is 5.85. The lowest BCUT2D eigenvalue weighted by Gasteiger charge is -2.28. The highest BCUT2D eigenvalue weighted by Gasteiger charge is 2.36. The summed E-state index contributed by atoms with van der Waals surface area (Å²) in [6, 6.07) is 6.18. The molecule has 0 saturated heterocycles. The van der Waals surface area contributed by atoms with Gasteiger partial charge in [0.05, 0.1) is 16.4 Å². The number of carboxylic acid groups (broad SMARTS) is 1. The maximum absolute atomic E-state index is 12.5. The van der Waals surface area contributed by atoms with E-state index in [-0.39, 0.29) is 16.9 Å². The van der Waals surface area contributed by atoms with Gasteiger partial charge in [-0.1, -0.05) is 42.5 Å². The van der Waals surface area contributed by atoms with Gasteiger partial charge in [-0.2, -0.15) is 0 Å². The summed E-state index contributed by atoms with van der Waals surface area (Å²) in [5.41, 5.74) is 0.190. The summed E-state index contributed by atoms with van der Waals surface area (Å²) in [6.07, 6.45) is 6.96. The molecule has 0 bridgehead atoms. The molecule has 1 aromatic carbocycles. The van der Waals surface area contributed by atoms with Crippen LogP contribution >= 0.6 is 11.6 Å². The van der Waals surface area contributed by atoms with E-state index in [4.69, 9.17) is 16.7 Å². The van der Waals surface area contributed by atoms with E-state index >= 15 is 0 Å². The molecule has 98 valence electrons. The van der Waals surface area contributed by atoms with E-state index in [1.54, 1.807) is 43.4 Å². The lowest BCUT2D eigenvalue weighted by molar-refractivity contribution is 0.0690. The molecule has 0 radical (unpaired) electrons. The van der Waals surface area contributed by atoms with Crippen molar-refractivity contribution in [3.63, 3.8) is 0 Å². The molecule has 0 heterocycles. The van der Waals surface area contributed by atoms with Crippen molar-refractivity contribution >= 4 is 23.4 Å². The summed E-state index contributed by atoms with van der Waals surface area (Å²) in [6.45, 7) is 1.74. The largest absolute Gasteiger partial charge is 0.478 e. The zero-order valence-electron chi connectivity index (χ0n) is 10.3. The minimum absolute atomic E-state index is 0.00270. The Morgan fingerprint density at radius 1 is 1.21 bits per heavy atom. The predicted octanol–water partition coefficient (Wildman–Crippen LogP) is 3.31. The molecule has 0 amide bonds. The van der Waals surface area contributed by atoms with Gasteiger partial charge in [0.25, 0.3) is 0 Å². The maximum atomic E-state index is 12.5. The molecular weight excluding hydrogens is 264 g/mol. The first-order chi connectivity index (χ1) is 8.93. The van der Waals surface area contributed by atoms with E-state index in [1.807, 2.05) is 0 Å². The average Bonchev–Trinajstić information content (AvgIpc) is 2.37. The number of Topliss-reactive ketones (excluding diaryl/α,β-unsaturated/α-hetero) is 1. The summed E-state index contributed by atoms with van der Waals surface area (Å²) in [5, 5.41) is 9.13. The highest BCUT2D eigenvalue weighted by Crippen LogP contribution is 2.33. The van der Waals surface area contributed by atoms with Crippen LogP contribution in [0.15, 0.2) is 48.6 Å². The number of halogens is 1. The number of benzene rings is 1. The average molecular weight is 277 g/mol. The molecular formula is C15H13ClO3. The van der Waals surface area contributed by atoms with Crippen molar-refractivity contribution in [2.75, 3.05) is 0 Å². The number of carboxylic acids is 1. The fourth-order valence-electron chi connectivity index (χ4n) is 2.11. The predicted molar refractivity (Wildman–Crippen MR) is 73.8 cm³/mol. The van der Waals surface area contributed by atoms with Crippen LogP contribution in [0.1, 0.15) is 27.6 Å². The van der Waals surface area contributed by atoms with Gasteiger partial charge in [0.15, 0.2) is 5.78 Å². The Bertz CT molecular complexity index is 585. The Hall–Kier alpha value is -1.87. The van der Waals surface area contributed by atoms with Gasteiger partial charge in [0, 0.05) is 5.56 Å². The molecule has 1 aromatic rings. The van der Waals surface area contributed by atoms with Crippen molar-refractivity contribution in [2.24, 2.45) is 5.92 Å². The van der Waals surface area contributed by atoms with Gasteiger partial charge in [-0.3, -0.25) is 4.79 Å². The second-order valence-corrected chi connectivity index (χ2v) is 5.40. The lowest BCUT2D eigenvalue weighted by Crippen LogP contribution is -2.33. The maximum Gasteiger partial charge on any atom is 0.336 e. The van der Waals surface area contributed by atoms with Gasteiger partial charge in [0.1, 0.15) is 0 Å². The molecule has 2 atom stereocenters. The second-order valence-electron chi connectivity index (χ2n) is 4.59. The minimum atomic E-state index is -1.12. The van der Waals surface area contributed by atoms with Gasteiger partial charge in [-0.15, -0.1) is 11.6 Å². The second kappa shape index (κ2) is 5.02. The fraction of sp³-hybridized carbons (Fsp3) is 0.200. The van der Waals surface area contributed by atoms with Crippen LogP contribution in [0, 0.1) is 5.92 Å². The topological polar surface area (TPSA) is 54.4 Å². The highest BCUT2D eigenvalue weighted by molar-refractivity contribution is 6.28. The van der Waals surface area contributed by atoms with Crippen LogP contribution in [0.25, 0.3) is 0 Å². The molecule has 0 fully saturated rings. The van der Waals surface area contributed by atoms with Crippen LogP contribution in [0.5, 0.6) is 0 Å². The van der Waals surface area contributed by atoms with Crippen LogP contribution in [-0.4, -0.2) is 21.7 Å². The molecule has 2 unspecified atom stereocenters. The molecule has 1 aliphatic carbocycles. The molecule has 1 N–H and O–H groups in total. The van der Waals surface area contributed by atoms with Crippen molar-refractivity contribution in [1.29, 1.82) is 0 Å². The number of allylic oxidation sites excluding steroid dienone is 4. The van der Waals surface area contributed by atoms with Crippen LogP contribution in [0.3, 0.4) is 0 Å². The number of alkyl halides is 1. The van der Waals surface area contributed by atoms with Crippen LogP contribution < -0.4 is 0 Å². The Morgan fingerprint density at radius 3 is 2.42 bits per heavy atom. The fourth-order valence-corrected chi connectivity index (χ4v) is 2.35. The Morgan fingerprint density at radius 2 is 1.84 bits per heavy atom. The number of carbonyl (C=O) groups excluding carboxylic acids is 1. The molecule has 0 spiro atoms. The SMILES string of the molecule is CC1(Cl)C=CC=CC1C(=O)c1ccccc1C(=O)O. The molecule has 4 heteroatoms. The van der Waals surface area contributed by atoms with E-state index in [0.29, 0.717) is 0 Å². The molecule has 0 aromatic heterocycles. The summed E-state index contributed by atoms with van der Waals surface area (Å²) >= 11 is 6.31. The first kappa shape index (κ1) is 13.6. The van der Waals surface area contributed by atoms with Crippen LogP contribution in [0.4, 0.5) is 0 Å². The van der Waals surface area contributed by atoms with E-state index < -0.39 is 16.8 Å². The molecule has 19 heavy (non-hydrogen) atoms. The number of hydrogen-bond donors (Lipinski definition) is 1. The van der Waals surface area contributed by atoms with Gasteiger partial charge in [0.2, 0.25) is 0 Å². The quantitative estimate of drug-likeness (QED) is 0.681. The molecule has 3 nitrogen and oxygen atoms in total. The van der Waals surface area contributed by atoms with Gasteiger partial charge < -0.3 is 5.11 Å². The minimum Gasteiger partial charge on any atom is -0.478 e. The van der Waals surface area contributed by atoms with E-state index in [2.05, 4.69) is 0 Å². The normalized spacial score (nSPS) is 25.3. The zero-order chi connectivity index (χ0) is 14.0. The Balaban J connectivity index is 2.43. The number of carbonyl (C=O) groups is 2. The summed E-state index contributed by atoms with van der Waals surface area (Å²) in [5.74, 6) is -1.97. The highest BCUT2D eigenvalue weighted by atomic mass is 35.5. The molecule has 0 aliphatic heterocycles. The monoisotopic (exact) mass is 276 g/mol. The number of rotatable bonds is 3. The Kier molecular flexibility index (Phi) is 3.58. The summed E-state index contributed by atoms with van der Waals surface area (Å²) < 4.78 is 0. The molecule has 0 saturated carbocycles. The van der Waals surface area contributed by atoms with E-state index in [1.165, 1.54) is 12.1 Å². The summed E-state index contributed by atoms with van der Waals surface area (Å²) in [4.78, 5) is 22.8. The van der Waals surface area contributed by atoms with E-state index in [0.717, 1.165) is 0 Å². The standard InChI is InChI=1S/C15H13ClO3/c1-15(16)9-5-4-8-12(15)13(17)10-6-2-3-7-11(10)14(18)19/h2-9,12H,1H3,(H,18,19). The van der Waals surface area contributed by atoms with Crippen molar-refractivity contribution < 1.29 is 14.7 Å². The van der Waals surface area contributed by atoms with Crippen molar-refractivity contribution in [3.05, 3.63) is 59.7 Å². The van der Waals surface area contributed by atoms with Gasteiger partial charge >= 0.3 is 5.97 Å². The van der Waals surface area contributed by atoms with Crippen molar-refractivity contribution in [2.45, 2.75) is 11.8 Å². The third-order valence-electron chi connectivity index (χ3n) is 3.15. The smallest absolute Gasteiger partial charge is 0.336 e. The van der Waals surface area contributed by atoms with Crippen LogP contribution in [0.2, 0.25) is 0 Å². The van der Waals surface area contributed by atoms with Crippen molar-refractivity contribution in [3.8, 4) is 0 Å². The van der Waals surface area contributed by atoms with Gasteiger partial charge in [-0.25, -0.2) is 4.79 Å². The third-order valence-corrected chi connectivity index (χ3v) is 3.51. The first-order valence-corrected chi connectivity index (χ1v) is 6.23. The number of hydrogen-bond acceptors (Lipinski definition) is 2. The Labute approximate surface area is 116 Å². The number of aromatic carboxylic acids is 1. The molecule has 2 rings (SSSR count).